The van der Waals surface area contributed by atoms with Crippen LogP contribution in [0.2, 0.25) is 0 Å². The van der Waals surface area contributed by atoms with Crippen LogP contribution in [0.15, 0.2) is 52.3 Å². The van der Waals surface area contributed by atoms with Crippen LogP contribution in [0.25, 0.3) is 0 Å². The molecule has 8 nitrogen and oxygen atoms in total. The minimum atomic E-state index is -4.15. The molecule has 3 N–H and O–H groups in total. The van der Waals surface area contributed by atoms with Crippen molar-refractivity contribution in [3.63, 3.8) is 0 Å². The molecular formula is C17H16F2N2O6S2. The van der Waals surface area contributed by atoms with E-state index in [-0.39, 0.29) is 11.3 Å². The van der Waals surface area contributed by atoms with E-state index < -0.39 is 39.2 Å². The lowest BCUT2D eigenvalue weighted by atomic mass is 10.2. The van der Waals surface area contributed by atoms with Gasteiger partial charge in [0.25, 0.3) is 11.7 Å². The van der Waals surface area contributed by atoms with Crippen LogP contribution in [0.3, 0.4) is 0 Å². The van der Waals surface area contributed by atoms with E-state index in [1.54, 1.807) is 0 Å². The Morgan fingerprint density at radius 3 is 2.38 bits per heavy atom. The molecule has 1 amide bonds. The molecule has 0 saturated carbocycles. The van der Waals surface area contributed by atoms with Gasteiger partial charge in [0.15, 0.2) is 6.61 Å². The lowest BCUT2D eigenvalue weighted by Crippen LogP contribution is -2.21. The zero-order valence-corrected chi connectivity index (χ0v) is 16.6. The first-order chi connectivity index (χ1) is 13.6. The van der Waals surface area contributed by atoms with Gasteiger partial charge in [-0.25, -0.2) is 18.4 Å². The average Bonchev–Trinajstić information content (AvgIpc) is 2.66. The predicted octanol–water partition coefficient (Wildman–Crippen LogP) is 2.45. The molecule has 0 atom stereocenters. The van der Waals surface area contributed by atoms with Gasteiger partial charge in [-0.05, 0) is 42.5 Å². The summed E-state index contributed by atoms with van der Waals surface area (Å²) in [6, 6.07) is 9.13. The molecule has 0 unspecified atom stereocenters. The van der Waals surface area contributed by atoms with Crippen LogP contribution < -0.4 is 15.2 Å². The van der Waals surface area contributed by atoms with Gasteiger partial charge in [-0.15, -0.1) is 0 Å². The fraction of sp³-hybridized carbons (Fsp3) is 0.176. The van der Waals surface area contributed by atoms with Gasteiger partial charge in [-0.1, -0.05) is 11.8 Å². The molecule has 156 valence electrons. The second-order valence-corrected chi connectivity index (χ2v) is 8.03. The van der Waals surface area contributed by atoms with E-state index in [1.165, 1.54) is 43.5 Å². The number of esters is 1. The molecule has 0 radical (unpaired) electrons. The molecule has 0 spiro atoms. The summed E-state index contributed by atoms with van der Waals surface area (Å²) < 4.78 is 57.4. The van der Waals surface area contributed by atoms with Crippen LogP contribution >= 0.6 is 11.8 Å². The van der Waals surface area contributed by atoms with E-state index in [0.29, 0.717) is 22.3 Å². The molecule has 0 aliphatic rings. The normalized spacial score (nSPS) is 11.2. The summed E-state index contributed by atoms with van der Waals surface area (Å²) >= 11 is 0.367. The van der Waals surface area contributed by atoms with Crippen molar-refractivity contribution < 1.29 is 36.3 Å². The Morgan fingerprint density at radius 1 is 1.17 bits per heavy atom. The standard InChI is InChI=1S/C17H16F2N2O6S2/c1-26-13-7-2-10(8-14(13)29(20,24)25)16(23)27-9-15(22)21-11-3-5-12(6-4-11)28-17(18)19/h2-8,17H,9H2,1H3,(H,21,22)(H2,20,24,25). The van der Waals surface area contributed by atoms with Gasteiger partial charge in [0, 0.05) is 10.6 Å². The summed E-state index contributed by atoms with van der Waals surface area (Å²) in [5.41, 5.74) is 0.182. The highest BCUT2D eigenvalue weighted by Gasteiger charge is 2.19. The number of halogens is 2. The number of thioether (sulfide) groups is 1. The first-order valence-electron chi connectivity index (χ1n) is 7.83. The molecule has 0 aliphatic heterocycles. The summed E-state index contributed by atoms with van der Waals surface area (Å²) in [7, 11) is -2.90. The number of nitrogens with two attached hydrogens (primary N) is 1. The molecule has 12 heteroatoms. The number of methoxy groups -OCH3 is 1. The fourth-order valence-corrected chi connectivity index (χ4v) is 3.38. The number of sulfonamides is 1. The minimum Gasteiger partial charge on any atom is -0.495 e. The highest BCUT2D eigenvalue weighted by atomic mass is 32.2. The smallest absolute Gasteiger partial charge is 0.338 e. The number of amides is 1. The minimum absolute atomic E-state index is 0.0461. The predicted molar refractivity (Wildman–Crippen MR) is 102 cm³/mol. The first kappa shape index (κ1) is 22.6. The van der Waals surface area contributed by atoms with Crippen molar-refractivity contribution in [3.8, 4) is 5.75 Å². The lowest BCUT2D eigenvalue weighted by molar-refractivity contribution is -0.119. The number of alkyl halides is 2. The Kier molecular flexibility index (Phi) is 7.53. The van der Waals surface area contributed by atoms with Crippen molar-refractivity contribution in [2.24, 2.45) is 5.14 Å². The number of carbonyl (C=O) groups excluding carboxylic acids is 2. The fourth-order valence-electron chi connectivity index (χ4n) is 2.16. The number of rotatable bonds is 8. The van der Waals surface area contributed by atoms with Gasteiger partial charge in [-0.3, -0.25) is 4.79 Å². The van der Waals surface area contributed by atoms with Gasteiger partial charge in [0.1, 0.15) is 10.6 Å². The number of nitrogens with one attached hydrogen (secondary N) is 1. The van der Waals surface area contributed by atoms with Crippen LogP contribution in [-0.2, 0) is 19.6 Å². The van der Waals surface area contributed by atoms with Gasteiger partial charge >= 0.3 is 5.97 Å². The SMILES string of the molecule is COc1ccc(C(=O)OCC(=O)Nc2ccc(SC(F)F)cc2)cc1S(N)(=O)=O. The van der Waals surface area contributed by atoms with E-state index in [4.69, 9.17) is 14.6 Å². The Bertz CT molecular complexity index is 997. The van der Waals surface area contributed by atoms with Gasteiger partial charge in [-0.2, -0.15) is 8.78 Å². The third kappa shape index (κ3) is 6.69. The maximum Gasteiger partial charge on any atom is 0.338 e. The quantitative estimate of drug-likeness (QED) is 0.471. The van der Waals surface area contributed by atoms with Crippen LogP contribution in [0.4, 0.5) is 14.5 Å². The van der Waals surface area contributed by atoms with Crippen molar-refractivity contribution in [2.45, 2.75) is 15.5 Å². The molecule has 2 rings (SSSR count). The van der Waals surface area contributed by atoms with Gasteiger partial charge < -0.3 is 14.8 Å². The van der Waals surface area contributed by atoms with Crippen LogP contribution in [0, 0.1) is 0 Å². The van der Waals surface area contributed by atoms with E-state index in [2.05, 4.69) is 5.32 Å². The molecule has 0 aromatic heterocycles. The average molecular weight is 446 g/mol. The number of primary sulfonamides is 1. The number of ether oxygens (including phenoxy) is 2. The Labute approximate surface area is 169 Å². The van der Waals surface area contributed by atoms with E-state index >= 15 is 0 Å². The maximum absolute atomic E-state index is 12.3. The molecule has 2 aromatic rings. The van der Waals surface area contributed by atoms with Crippen LogP contribution in [0.5, 0.6) is 5.75 Å². The van der Waals surface area contributed by atoms with Gasteiger partial charge in [0.05, 0.1) is 12.7 Å². The molecule has 29 heavy (non-hydrogen) atoms. The zero-order chi connectivity index (χ0) is 21.6. The first-order valence-corrected chi connectivity index (χ1v) is 10.3. The third-order valence-electron chi connectivity index (χ3n) is 3.40. The summed E-state index contributed by atoms with van der Waals surface area (Å²) in [5.74, 6) is -4.22. The number of carbonyl (C=O) groups is 2. The van der Waals surface area contributed by atoms with Crippen molar-refractivity contribution >= 4 is 39.3 Å². The van der Waals surface area contributed by atoms with Crippen molar-refractivity contribution in [1.82, 2.24) is 0 Å². The number of hydrogen-bond donors (Lipinski definition) is 2. The van der Waals surface area contributed by atoms with Crippen LogP contribution in [-0.4, -0.2) is 39.8 Å². The summed E-state index contributed by atoms with van der Waals surface area (Å²) in [6.45, 7) is -0.650. The molecule has 0 bridgehead atoms. The topological polar surface area (TPSA) is 125 Å². The van der Waals surface area contributed by atoms with Gasteiger partial charge in [0.2, 0.25) is 10.0 Å². The number of benzene rings is 2. The maximum atomic E-state index is 12.3. The van der Waals surface area contributed by atoms with E-state index in [9.17, 15) is 26.8 Å². The van der Waals surface area contributed by atoms with Crippen LogP contribution in [0.1, 0.15) is 10.4 Å². The highest BCUT2D eigenvalue weighted by Crippen LogP contribution is 2.26. The second-order valence-electron chi connectivity index (χ2n) is 5.44. The molecule has 2 aromatic carbocycles. The highest BCUT2D eigenvalue weighted by molar-refractivity contribution is 7.99. The summed E-state index contributed by atoms with van der Waals surface area (Å²) in [5, 5.41) is 7.51. The Hall–Kier alpha value is -2.70. The lowest BCUT2D eigenvalue weighted by Gasteiger charge is -2.10. The number of anilines is 1. The van der Waals surface area contributed by atoms with E-state index in [1.807, 2.05) is 0 Å². The zero-order valence-electron chi connectivity index (χ0n) is 14.9. The Balaban J connectivity index is 1.97. The largest absolute Gasteiger partial charge is 0.495 e. The molecule has 0 aliphatic carbocycles. The van der Waals surface area contributed by atoms with Crippen molar-refractivity contribution in [2.75, 3.05) is 19.0 Å². The summed E-state index contributed by atoms with van der Waals surface area (Å²) in [4.78, 5) is 23.9. The monoisotopic (exact) mass is 446 g/mol. The molecular weight excluding hydrogens is 430 g/mol. The second kappa shape index (κ2) is 9.67. The van der Waals surface area contributed by atoms with Crippen molar-refractivity contribution in [1.29, 1.82) is 0 Å². The molecule has 0 saturated heterocycles. The van der Waals surface area contributed by atoms with E-state index in [0.717, 1.165) is 6.07 Å². The third-order valence-corrected chi connectivity index (χ3v) is 5.06. The number of hydrogen-bond acceptors (Lipinski definition) is 7. The Morgan fingerprint density at radius 2 is 1.83 bits per heavy atom. The molecule has 0 fully saturated rings. The summed E-state index contributed by atoms with van der Waals surface area (Å²) in [6.07, 6.45) is 0. The molecule has 0 heterocycles. The van der Waals surface area contributed by atoms with Crippen molar-refractivity contribution in [3.05, 3.63) is 48.0 Å².